The molecule has 0 atom stereocenters. The van der Waals surface area contributed by atoms with Gasteiger partial charge in [-0.05, 0) is 0 Å². The fourth-order valence-corrected chi connectivity index (χ4v) is 2.96. The molecule has 0 aliphatic carbocycles. The van der Waals surface area contributed by atoms with E-state index in [4.69, 9.17) is 25.6 Å². The van der Waals surface area contributed by atoms with Crippen LogP contribution in [0.15, 0.2) is 16.7 Å². The summed E-state index contributed by atoms with van der Waals surface area (Å²) >= 11 is 7.59. The number of carbonyl (C=O) groups excluding carboxylic acids is 1. The third-order valence-corrected chi connectivity index (χ3v) is 4.39. The van der Waals surface area contributed by atoms with E-state index in [0.29, 0.717) is 52.9 Å². The second-order valence-corrected chi connectivity index (χ2v) is 6.49. The summed E-state index contributed by atoms with van der Waals surface area (Å²) in [4.78, 5) is 16.2. The first-order valence-electron chi connectivity index (χ1n) is 7.38. The minimum absolute atomic E-state index is 0.170. The van der Waals surface area contributed by atoms with Crippen molar-refractivity contribution in [1.29, 1.82) is 0 Å². The molecule has 24 heavy (non-hydrogen) atoms. The highest BCUT2D eigenvalue weighted by atomic mass is 35.5. The van der Waals surface area contributed by atoms with Gasteiger partial charge in [-0.25, -0.2) is 0 Å². The Labute approximate surface area is 148 Å². The van der Waals surface area contributed by atoms with Crippen molar-refractivity contribution in [3.63, 3.8) is 0 Å². The first-order valence-corrected chi connectivity index (χ1v) is 8.91. The van der Waals surface area contributed by atoms with Crippen LogP contribution in [0.4, 0.5) is 5.69 Å². The second kappa shape index (κ2) is 7.76. The van der Waals surface area contributed by atoms with Crippen molar-refractivity contribution in [2.45, 2.75) is 19.1 Å². The minimum atomic E-state index is -0.170. The summed E-state index contributed by atoms with van der Waals surface area (Å²) in [6.07, 6.45) is 0.806. The third kappa shape index (κ3) is 4.33. The molecule has 0 saturated carbocycles. The summed E-state index contributed by atoms with van der Waals surface area (Å²) in [7, 11) is 0. The van der Waals surface area contributed by atoms with Crippen LogP contribution in [0.2, 0.25) is 5.02 Å². The van der Waals surface area contributed by atoms with E-state index in [0.717, 1.165) is 6.42 Å². The maximum absolute atomic E-state index is 12.1. The van der Waals surface area contributed by atoms with Gasteiger partial charge >= 0.3 is 0 Å². The summed E-state index contributed by atoms with van der Waals surface area (Å²) in [5.41, 5.74) is 0.502. The van der Waals surface area contributed by atoms with E-state index in [9.17, 15) is 4.79 Å². The predicted octanol–water partition coefficient (Wildman–Crippen LogP) is 3.06. The van der Waals surface area contributed by atoms with Crippen LogP contribution in [0.5, 0.6) is 11.5 Å². The number of rotatable bonds is 5. The van der Waals surface area contributed by atoms with Gasteiger partial charge < -0.3 is 19.3 Å². The smallest absolute Gasteiger partial charge is 0.234 e. The van der Waals surface area contributed by atoms with E-state index in [2.05, 4.69) is 15.5 Å². The summed E-state index contributed by atoms with van der Waals surface area (Å²) in [5.74, 6) is 2.84. The molecule has 128 valence electrons. The van der Waals surface area contributed by atoms with Crippen LogP contribution in [0.1, 0.15) is 18.1 Å². The normalized spacial score (nSPS) is 13.4. The lowest BCUT2D eigenvalue weighted by Crippen LogP contribution is -2.14. The zero-order valence-electron chi connectivity index (χ0n) is 13.0. The lowest BCUT2D eigenvalue weighted by atomic mass is 10.2. The maximum Gasteiger partial charge on any atom is 0.234 e. The van der Waals surface area contributed by atoms with Gasteiger partial charge in [-0.3, -0.25) is 4.79 Å². The molecule has 0 bridgehead atoms. The molecule has 1 N–H and O–H groups in total. The van der Waals surface area contributed by atoms with Crippen molar-refractivity contribution < 1.29 is 18.8 Å². The molecule has 7 nitrogen and oxygen atoms in total. The van der Waals surface area contributed by atoms with Crippen LogP contribution in [0.3, 0.4) is 0 Å². The zero-order chi connectivity index (χ0) is 16.9. The molecule has 3 rings (SSSR count). The standard InChI is InChI=1S/C15H16ClN3O4S/c1-9-17-14(19-23-9)7-24-8-15(20)18-11-6-13-12(5-10(11)16)21-3-2-4-22-13/h5-6H,2-4,7-8H2,1H3,(H,18,20). The molecule has 0 fully saturated rings. The highest BCUT2D eigenvalue weighted by Crippen LogP contribution is 2.37. The zero-order valence-corrected chi connectivity index (χ0v) is 14.6. The second-order valence-electron chi connectivity index (χ2n) is 5.10. The number of aryl methyl sites for hydroxylation is 1. The summed E-state index contributed by atoms with van der Waals surface area (Å²) in [6.45, 7) is 2.88. The number of hydrogen-bond acceptors (Lipinski definition) is 7. The molecule has 0 radical (unpaired) electrons. The molecule has 1 aliphatic rings. The minimum Gasteiger partial charge on any atom is -0.490 e. The third-order valence-electron chi connectivity index (χ3n) is 3.15. The highest BCUT2D eigenvalue weighted by molar-refractivity contribution is 7.99. The van der Waals surface area contributed by atoms with Gasteiger partial charge in [-0.2, -0.15) is 4.98 Å². The maximum atomic E-state index is 12.1. The molecule has 0 unspecified atom stereocenters. The van der Waals surface area contributed by atoms with E-state index in [1.807, 2.05) is 0 Å². The van der Waals surface area contributed by atoms with Gasteiger partial charge in [0.1, 0.15) is 0 Å². The number of amides is 1. The van der Waals surface area contributed by atoms with Gasteiger partial charge in [0.15, 0.2) is 17.3 Å². The number of nitrogens with one attached hydrogen (secondary N) is 1. The van der Waals surface area contributed by atoms with Gasteiger partial charge in [0.2, 0.25) is 11.8 Å². The van der Waals surface area contributed by atoms with Gasteiger partial charge in [0, 0.05) is 25.5 Å². The number of hydrogen-bond donors (Lipinski definition) is 1. The van der Waals surface area contributed by atoms with E-state index < -0.39 is 0 Å². The summed E-state index contributed by atoms with van der Waals surface area (Å²) < 4.78 is 16.0. The lowest BCUT2D eigenvalue weighted by Gasteiger charge is -2.12. The van der Waals surface area contributed by atoms with Crippen LogP contribution < -0.4 is 14.8 Å². The number of carbonyl (C=O) groups is 1. The summed E-state index contributed by atoms with van der Waals surface area (Å²) in [6, 6.07) is 3.35. The molecule has 1 aliphatic heterocycles. The molecule has 2 heterocycles. The van der Waals surface area contributed by atoms with Gasteiger partial charge in [-0.15, -0.1) is 11.8 Å². The highest BCUT2D eigenvalue weighted by Gasteiger charge is 2.15. The Morgan fingerprint density at radius 2 is 2.08 bits per heavy atom. The molecule has 0 spiro atoms. The Hall–Kier alpha value is -1.93. The quantitative estimate of drug-likeness (QED) is 0.866. The van der Waals surface area contributed by atoms with E-state index in [1.165, 1.54) is 11.8 Å². The number of thioether (sulfide) groups is 1. The molecule has 1 aromatic carbocycles. The topological polar surface area (TPSA) is 86.5 Å². The van der Waals surface area contributed by atoms with Gasteiger partial charge in [-0.1, -0.05) is 16.8 Å². The molecular weight excluding hydrogens is 354 g/mol. The van der Waals surface area contributed by atoms with Crippen molar-refractivity contribution in [1.82, 2.24) is 10.1 Å². The van der Waals surface area contributed by atoms with Crippen molar-refractivity contribution in [3.05, 3.63) is 28.9 Å². The van der Waals surface area contributed by atoms with Crippen LogP contribution >= 0.6 is 23.4 Å². The Bertz CT molecular complexity index is 738. The number of benzene rings is 1. The molecule has 1 amide bonds. The first-order chi connectivity index (χ1) is 11.6. The van der Waals surface area contributed by atoms with Gasteiger partial charge in [0.25, 0.3) is 0 Å². The Kier molecular flexibility index (Phi) is 5.47. The van der Waals surface area contributed by atoms with Crippen molar-refractivity contribution >= 4 is 35.0 Å². The molecule has 1 aromatic heterocycles. The predicted molar refractivity (Wildman–Crippen MR) is 90.9 cm³/mol. The molecule has 9 heteroatoms. The van der Waals surface area contributed by atoms with Crippen molar-refractivity contribution in [2.24, 2.45) is 0 Å². The lowest BCUT2D eigenvalue weighted by molar-refractivity contribution is -0.113. The fraction of sp³-hybridized carbons (Fsp3) is 0.400. The van der Waals surface area contributed by atoms with Crippen molar-refractivity contribution in [3.8, 4) is 11.5 Å². The van der Waals surface area contributed by atoms with E-state index in [-0.39, 0.29) is 11.7 Å². The molecule has 2 aromatic rings. The van der Waals surface area contributed by atoms with Gasteiger partial charge in [0.05, 0.1) is 35.4 Å². The largest absolute Gasteiger partial charge is 0.490 e. The number of nitrogens with zero attached hydrogens (tertiary/aromatic N) is 2. The molecular formula is C15H16ClN3O4S. The summed E-state index contributed by atoms with van der Waals surface area (Å²) in [5, 5.41) is 6.97. The average molecular weight is 370 g/mol. The number of halogens is 1. The van der Waals surface area contributed by atoms with E-state index in [1.54, 1.807) is 19.1 Å². The van der Waals surface area contributed by atoms with Crippen LogP contribution in [-0.2, 0) is 10.5 Å². The average Bonchev–Trinajstić information content (AvgIpc) is 2.82. The van der Waals surface area contributed by atoms with Crippen LogP contribution in [0.25, 0.3) is 0 Å². The SMILES string of the molecule is Cc1nc(CSCC(=O)Nc2cc3c(cc2Cl)OCCCO3)no1. The Balaban J connectivity index is 1.56. The number of anilines is 1. The molecule has 0 saturated heterocycles. The first kappa shape index (κ1) is 16.9. The van der Waals surface area contributed by atoms with E-state index >= 15 is 0 Å². The number of fused-ring (bicyclic) bond motifs is 1. The van der Waals surface area contributed by atoms with Crippen LogP contribution in [0, 0.1) is 6.92 Å². The Morgan fingerprint density at radius 3 is 2.79 bits per heavy atom. The number of aromatic nitrogens is 2. The van der Waals surface area contributed by atoms with Crippen LogP contribution in [-0.4, -0.2) is 35.0 Å². The fourth-order valence-electron chi connectivity index (χ4n) is 2.10. The number of ether oxygens (including phenoxy) is 2. The van der Waals surface area contributed by atoms with Crippen molar-refractivity contribution in [2.75, 3.05) is 24.3 Å². The monoisotopic (exact) mass is 369 g/mol. The Morgan fingerprint density at radius 1 is 1.33 bits per heavy atom.